The summed E-state index contributed by atoms with van der Waals surface area (Å²) in [5, 5.41) is 2.53. The van der Waals surface area contributed by atoms with Gasteiger partial charge in [-0.3, -0.25) is 4.79 Å². The van der Waals surface area contributed by atoms with E-state index in [-0.39, 0.29) is 6.54 Å². The Hall–Kier alpha value is -1.37. The van der Waals surface area contributed by atoms with Gasteiger partial charge in [-0.1, -0.05) is 48.9 Å². The molecular weight excluding hydrogens is 309 g/mol. The molecule has 0 aliphatic heterocycles. The molecule has 114 valence electrons. The van der Waals surface area contributed by atoms with Gasteiger partial charge in [0.1, 0.15) is 5.75 Å². The molecule has 0 radical (unpaired) electrons. The standard InChI is InChI=1S/C16H19Cl2NO2/c1-10(2)13-9-12(11(3)8-14(13)21-4)6-5-7-19-16(20)15(17)18/h8-10,15H,7H2,1-4H3,(H,19,20). The number of alkyl halides is 2. The first-order valence-electron chi connectivity index (χ1n) is 6.60. The van der Waals surface area contributed by atoms with Crippen molar-refractivity contribution in [2.45, 2.75) is 31.5 Å². The smallest absolute Gasteiger partial charge is 0.254 e. The topological polar surface area (TPSA) is 38.3 Å². The van der Waals surface area contributed by atoms with E-state index in [0.29, 0.717) is 5.92 Å². The second-order valence-electron chi connectivity index (χ2n) is 4.88. The average molecular weight is 328 g/mol. The lowest BCUT2D eigenvalue weighted by Gasteiger charge is -2.13. The van der Waals surface area contributed by atoms with Gasteiger partial charge in [-0.2, -0.15) is 0 Å². The summed E-state index contributed by atoms with van der Waals surface area (Å²) in [6, 6.07) is 4.01. The fourth-order valence-electron chi connectivity index (χ4n) is 1.81. The summed E-state index contributed by atoms with van der Waals surface area (Å²) < 4.78 is 5.39. The fourth-order valence-corrected chi connectivity index (χ4v) is 1.96. The largest absolute Gasteiger partial charge is 0.496 e. The fraction of sp³-hybridized carbons (Fsp3) is 0.438. The van der Waals surface area contributed by atoms with Crippen LogP contribution in [0.2, 0.25) is 0 Å². The van der Waals surface area contributed by atoms with Crippen LogP contribution in [0.3, 0.4) is 0 Å². The quantitative estimate of drug-likeness (QED) is 0.680. The minimum absolute atomic E-state index is 0.206. The highest BCUT2D eigenvalue weighted by molar-refractivity contribution is 6.53. The van der Waals surface area contributed by atoms with Crippen LogP contribution in [0.15, 0.2) is 12.1 Å². The van der Waals surface area contributed by atoms with Gasteiger partial charge in [0.05, 0.1) is 13.7 Å². The zero-order valence-corrected chi connectivity index (χ0v) is 14.1. The SMILES string of the molecule is COc1cc(C)c(C#CCNC(=O)C(Cl)Cl)cc1C(C)C. The average Bonchev–Trinajstić information content (AvgIpc) is 2.43. The van der Waals surface area contributed by atoms with Gasteiger partial charge in [-0.05, 0) is 36.1 Å². The van der Waals surface area contributed by atoms with Crippen molar-refractivity contribution in [1.82, 2.24) is 5.32 Å². The van der Waals surface area contributed by atoms with E-state index in [2.05, 4.69) is 31.0 Å². The lowest BCUT2D eigenvalue weighted by molar-refractivity contribution is -0.119. The normalized spacial score (nSPS) is 10.3. The number of amides is 1. The number of benzene rings is 1. The van der Waals surface area contributed by atoms with Gasteiger partial charge in [0.2, 0.25) is 0 Å². The van der Waals surface area contributed by atoms with E-state index in [1.54, 1.807) is 7.11 Å². The molecule has 21 heavy (non-hydrogen) atoms. The molecule has 0 atom stereocenters. The van der Waals surface area contributed by atoms with Gasteiger partial charge in [0.25, 0.3) is 5.91 Å². The summed E-state index contributed by atoms with van der Waals surface area (Å²) in [6.45, 7) is 6.39. The second-order valence-corrected chi connectivity index (χ2v) is 5.98. The van der Waals surface area contributed by atoms with E-state index < -0.39 is 10.7 Å². The first-order chi connectivity index (χ1) is 9.86. The van der Waals surface area contributed by atoms with Gasteiger partial charge >= 0.3 is 0 Å². The Morgan fingerprint density at radius 3 is 2.57 bits per heavy atom. The number of rotatable bonds is 4. The molecule has 1 amide bonds. The summed E-state index contributed by atoms with van der Waals surface area (Å²) in [5.41, 5.74) is 3.06. The Labute approximate surface area is 136 Å². The Balaban J connectivity index is 2.89. The van der Waals surface area contributed by atoms with Crippen molar-refractivity contribution < 1.29 is 9.53 Å². The summed E-state index contributed by atoms with van der Waals surface area (Å²) in [7, 11) is 1.66. The Morgan fingerprint density at radius 2 is 2.05 bits per heavy atom. The molecule has 0 saturated heterocycles. The third kappa shape index (κ3) is 5.15. The molecule has 0 fully saturated rings. The first-order valence-corrected chi connectivity index (χ1v) is 7.47. The predicted octanol–water partition coefficient (Wildman–Crippen LogP) is 3.40. The number of halogens is 2. The van der Waals surface area contributed by atoms with E-state index in [1.807, 2.05) is 19.1 Å². The van der Waals surface area contributed by atoms with Crippen molar-refractivity contribution >= 4 is 29.1 Å². The molecule has 1 rings (SSSR count). The minimum atomic E-state index is -1.07. The van der Waals surface area contributed by atoms with Gasteiger partial charge in [0.15, 0.2) is 4.84 Å². The molecule has 0 heterocycles. The lowest BCUT2D eigenvalue weighted by atomic mass is 9.96. The second kappa shape index (κ2) is 8.17. The third-order valence-corrected chi connectivity index (χ3v) is 3.37. The van der Waals surface area contributed by atoms with Crippen molar-refractivity contribution in [2.24, 2.45) is 0 Å². The van der Waals surface area contributed by atoms with Crippen LogP contribution in [0.1, 0.15) is 36.5 Å². The highest BCUT2D eigenvalue weighted by Gasteiger charge is 2.10. The molecule has 1 N–H and O–H groups in total. The minimum Gasteiger partial charge on any atom is -0.496 e. The maximum atomic E-state index is 11.2. The van der Waals surface area contributed by atoms with E-state index in [0.717, 1.165) is 22.4 Å². The van der Waals surface area contributed by atoms with Crippen molar-refractivity contribution in [3.05, 3.63) is 28.8 Å². The van der Waals surface area contributed by atoms with Crippen LogP contribution in [0.25, 0.3) is 0 Å². The molecule has 5 heteroatoms. The molecule has 0 bridgehead atoms. The van der Waals surface area contributed by atoms with Crippen LogP contribution in [0, 0.1) is 18.8 Å². The van der Waals surface area contributed by atoms with Crippen molar-refractivity contribution in [2.75, 3.05) is 13.7 Å². The van der Waals surface area contributed by atoms with Crippen LogP contribution in [-0.4, -0.2) is 24.4 Å². The zero-order chi connectivity index (χ0) is 16.0. The summed E-state index contributed by atoms with van der Waals surface area (Å²) in [6.07, 6.45) is 0. The molecule has 0 aliphatic rings. The molecular formula is C16H19Cl2NO2. The first kappa shape index (κ1) is 17.7. The van der Waals surface area contributed by atoms with Gasteiger partial charge in [-0.15, -0.1) is 0 Å². The Morgan fingerprint density at radius 1 is 1.38 bits per heavy atom. The van der Waals surface area contributed by atoms with E-state index >= 15 is 0 Å². The van der Waals surface area contributed by atoms with E-state index in [4.69, 9.17) is 27.9 Å². The number of methoxy groups -OCH3 is 1. The predicted molar refractivity (Wildman–Crippen MR) is 87.2 cm³/mol. The zero-order valence-electron chi connectivity index (χ0n) is 12.6. The molecule has 0 aliphatic carbocycles. The maximum Gasteiger partial charge on any atom is 0.254 e. The molecule has 1 aromatic carbocycles. The summed E-state index contributed by atoms with van der Waals surface area (Å²) in [4.78, 5) is 10.1. The Kier molecular flexibility index (Phi) is 6.87. The maximum absolute atomic E-state index is 11.2. The van der Waals surface area contributed by atoms with Crippen LogP contribution < -0.4 is 10.1 Å². The van der Waals surface area contributed by atoms with E-state index in [1.165, 1.54) is 0 Å². The number of hydrogen-bond acceptors (Lipinski definition) is 2. The summed E-state index contributed by atoms with van der Waals surface area (Å²) in [5.74, 6) is 6.71. The molecule has 0 saturated carbocycles. The van der Waals surface area contributed by atoms with Crippen LogP contribution in [-0.2, 0) is 4.79 Å². The molecule has 3 nitrogen and oxygen atoms in total. The molecule has 0 spiro atoms. The molecule has 1 aromatic rings. The highest BCUT2D eigenvalue weighted by atomic mass is 35.5. The van der Waals surface area contributed by atoms with Crippen LogP contribution in [0.4, 0.5) is 0 Å². The summed E-state index contributed by atoms with van der Waals surface area (Å²) >= 11 is 10.9. The van der Waals surface area contributed by atoms with Gasteiger partial charge in [0, 0.05) is 5.56 Å². The number of carbonyl (C=O) groups excluding carboxylic acids is 1. The van der Waals surface area contributed by atoms with Gasteiger partial charge < -0.3 is 10.1 Å². The van der Waals surface area contributed by atoms with Crippen molar-refractivity contribution in [3.63, 3.8) is 0 Å². The van der Waals surface area contributed by atoms with Crippen LogP contribution >= 0.6 is 23.2 Å². The lowest BCUT2D eigenvalue weighted by Crippen LogP contribution is -2.28. The number of hydrogen-bond donors (Lipinski definition) is 1. The Bertz CT molecular complexity index is 572. The molecule has 0 aromatic heterocycles. The number of ether oxygens (including phenoxy) is 1. The van der Waals surface area contributed by atoms with Gasteiger partial charge in [-0.25, -0.2) is 0 Å². The number of nitrogens with one attached hydrogen (secondary N) is 1. The van der Waals surface area contributed by atoms with Crippen molar-refractivity contribution in [3.8, 4) is 17.6 Å². The monoisotopic (exact) mass is 327 g/mol. The third-order valence-electron chi connectivity index (χ3n) is 2.97. The van der Waals surface area contributed by atoms with Crippen molar-refractivity contribution in [1.29, 1.82) is 0 Å². The van der Waals surface area contributed by atoms with E-state index in [9.17, 15) is 4.79 Å². The number of aryl methyl sites for hydroxylation is 1. The number of carbonyl (C=O) groups is 1. The molecule has 0 unspecified atom stereocenters. The highest BCUT2D eigenvalue weighted by Crippen LogP contribution is 2.29. The van der Waals surface area contributed by atoms with Crippen LogP contribution in [0.5, 0.6) is 5.75 Å².